The number of hydrogen-bond acceptors (Lipinski definition) is 2. The number of carbonyl (C=O) groups excluding carboxylic acids is 2. The van der Waals surface area contributed by atoms with Gasteiger partial charge < -0.3 is 0 Å². The van der Waals surface area contributed by atoms with Crippen LogP contribution in [0.4, 0.5) is 0 Å². The molecule has 0 aromatic rings. The lowest BCUT2D eigenvalue weighted by Gasteiger charge is -2.58. The van der Waals surface area contributed by atoms with E-state index in [4.69, 9.17) is 0 Å². The second kappa shape index (κ2) is 4.43. The summed E-state index contributed by atoms with van der Waals surface area (Å²) in [7, 11) is 0. The standard InChI is InChI=1S/C19H28O2/c1-18-8-5-7-13(18)12-10-15(20)14-6-3-4-9-19(14,2)17(12)16(21)11-18/h12-14,17H,3-11H2,1-2H3/t12-,13+,14+,17-,18+,19+/m0/s1. The Hall–Kier alpha value is -0.660. The first-order valence-corrected chi connectivity index (χ1v) is 9.01. The van der Waals surface area contributed by atoms with Crippen molar-refractivity contribution in [3.8, 4) is 0 Å². The van der Waals surface area contributed by atoms with Gasteiger partial charge in [0.25, 0.3) is 0 Å². The quantitative estimate of drug-likeness (QED) is 0.670. The van der Waals surface area contributed by atoms with Gasteiger partial charge in [0.05, 0.1) is 0 Å². The summed E-state index contributed by atoms with van der Waals surface area (Å²) in [6.45, 7) is 4.60. The Labute approximate surface area is 128 Å². The molecule has 0 saturated heterocycles. The van der Waals surface area contributed by atoms with Crippen LogP contribution in [0, 0.1) is 34.5 Å². The van der Waals surface area contributed by atoms with E-state index in [0.29, 0.717) is 29.8 Å². The molecule has 4 rings (SSSR count). The molecule has 0 aromatic heterocycles. The van der Waals surface area contributed by atoms with Crippen LogP contribution in [0.5, 0.6) is 0 Å². The summed E-state index contributed by atoms with van der Waals surface area (Å²) >= 11 is 0. The van der Waals surface area contributed by atoms with Crippen molar-refractivity contribution in [3.05, 3.63) is 0 Å². The average Bonchev–Trinajstić information content (AvgIpc) is 2.79. The maximum atomic E-state index is 13.0. The van der Waals surface area contributed by atoms with Gasteiger partial charge in [-0.15, -0.1) is 0 Å². The van der Waals surface area contributed by atoms with E-state index >= 15 is 0 Å². The van der Waals surface area contributed by atoms with Crippen molar-refractivity contribution >= 4 is 11.6 Å². The molecule has 0 bridgehead atoms. The third-order valence-electron chi connectivity index (χ3n) is 7.82. The van der Waals surface area contributed by atoms with Gasteiger partial charge in [-0.05, 0) is 48.3 Å². The molecule has 2 nitrogen and oxygen atoms in total. The van der Waals surface area contributed by atoms with Crippen LogP contribution in [0.3, 0.4) is 0 Å². The van der Waals surface area contributed by atoms with Crippen LogP contribution >= 0.6 is 0 Å². The van der Waals surface area contributed by atoms with Crippen molar-refractivity contribution in [2.24, 2.45) is 34.5 Å². The van der Waals surface area contributed by atoms with Gasteiger partial charge in [0, 0.05) is 24.7 Å². The maximum Gasteiger partial charge on any atom is 0.137 e. The fraction of sp³-hybridized carbons (Fsp3) is 0.895. The highest BCUT2D eigenvalue weighted by Crippen LogP contribution is 2.64. The lowest BCUT2D eigenvalue weighted by atomic mass is 9.45. The molecule has 0 aromatic carbocycles. The van der Waals surface area contributed by atoms with Gasteiger partial charge in [-0.3, -0.25) is 9.59 Å². The molecule has 6 atom stereocenters. The van der Waals surface area contributed by atoms with Gasteiger partial charge >= 0.3 is 0 Å². The molecule has 4 aliphatic rings. The van der Waals surface area contributed by atoms with Crippen LogP contribution in [0.25, 0.3) is 0 Å². The number of rotatable bonds is 0. The van der Waals surface area contributed by atoms with Crippen molar-refractivity contribution in [2.75, 3.05) is 0 Å². The zero-order chi connectivity index (χ0) is 14.8. The van der Waals surface area contributed by atoms with Crippen molar-refractivity contribution in [3.63, 3.8) is 0 Å². The summed E-state index contributed by atoms with van der Waals surface area (Å²) in [5.74, 6) is 2.36. The van der Waals surface area contributed by atoms with E-state index < -0.39 is 0 Å². The molecule has 0 N–H and O–H groups in total. The second-order valence-electron chi connectivity index (χ2n) is 8.91. The zero-order valence-corrected chi connectivity index (χ0v) is 13.5. The lowest BCUT2D eigenvalue weighted by molar-refractivity contribution is -0.162. The highest BCUT2D eigenvalue weighted by molar-refractivity contribution is 5.90. The summed E-state index contributed by atoms with van der Waals surface area (Å²) in [6.07, 6.45) is 9.71. The predicted molar refractivity (Wildman–Crippen MR) is 81.7 cm³/mol. The third-order valence-corrected chi connectivity index (χ3v) is 7.82. The van der Waals surface area contributed by atoms with Crippen LogP contribution in [-0.4, -0.2) is 11.6 Å². The van der Waals surface area contributed by atoms with Gasteiger partial charge in [0.15, 0.2) is 0 Å². The summed E-state index contributed by atoms with van der Waals surface area (Å²) in [4.78, 5) is 25.8. The summed E-state index contributed by atoms with van der Waals surface area (Å²) in [6, 6.07) is 0. The Morgan fingerprint density at radius 1 is 0.952 bits per heavy atom. The summed E-state index contributed by atoms with van der Waals surface area (Å²) < 4.78 is 0. The highest BCUT2D eigenvalue weighted by Gasteiger charge is 2.62. The molecule has 0 radical (unpaired) electrons. The minimum absolute atomic E-state index is 0.0146. The largest absolute Gasteiger partial charge is 0.299 e. The van der Waals surface area contributed by atoms with Crippen LogP contribution in [0.1, 0.15) is 71.6 Å². The smallest absolute Gasteiger partial charge is 0.137 e. The summed E-state index contributed by atoms with van der Waals surface area (Å²) in [5.41, 5.74) is 0.190. The topological polar surface area (TPSA) is 34.1 Å². The number of carbonyl (C=O) groups is 2. The van der Waals surface area contributed by atoms with E-state index in [-0.39, 0.29) is 22.7 Å². The van der Waals surface area contributed by atoms with Crippen LogP contribution in [-0.2, 0) is 9.59 Å². The molecule has 4 saturated carbocycles. The Bertz CT molecular complexity index is 496. The van der Waals surface area contributed by atoms with Gasteiger partial charge in [-0.2, -0.15) is 0 Å². The van der Waals surface area contributed by atoms with Crippen LogP contribution < -0.4 is 0 Å². The second-order valence-corrected chi connectivity index (χ2v) is 8.91. The zero-order valence-electron chi connectivity index (χ0n) is 13.5. The van der Waals surface area contributed by atoms with Gasteiger partial charge in [0.2, 0.25) is 0 Å². The average molecular weight is 288 g/mol. The fourth-order valence-corrected chi connectivity index (χ4v) is 6.94. The number of hydrogen-bond donors (Lipinski definition) is 0. The molecule has 4 fully saturated rings. The van der Waals surface area contributed by atoms with Gasteiger partial charge in [-0.1, -0.05) is 33.1 Å². The van der Waals surface area contributed by atoms with Crippen molar-refractivity contribution < 1.29 is 9.59 Å². The van der Waals surface area contributed by atoms with Crippen molar-refractivity contribution in [1.82, 2.24) is 0 Å². The lowest BCUT2D eigenvalue weighted by Crippen LogP contribution is -2.58. The van der Waals surface area contributed by atoms with Crippen LogP contribution in [0.15, 0.2) is 0 Å². The summed E-state index contributed by atoms with van der Waals surface area (Å²) in [5, 5.41) is 0. The van der Waals surface area contributed by atoms with Gasteiger partial charge in [-0.25, -0.2) is 0 Å². The monoisotopic (exact) mass is 288 g/mol. The first-order chi connectivity index (χ1) is 9.96. The SMILES string of the molecule is C[C@]12CCC[C@@H]1[C@@H]1CC(=O)[C@H]3CCCC[C@@]3(C)[C@@H]1C(=O)C2. The first-order valence-electron chi connectivity index (χ1n) is 9.01. The van der Waals surface area contributed by atoms with E-state index in [9.17, 15) is 9.59 Å². The highest BCUT2D eigenvalue weighted by atomic mass is 16.1. The molecule has 0 heterocycles. The Balaban J connectivity index is 1.76. The molecule has 21 heavy (non-hydrogen) atoms. The molecule has 2 heteroatoms. The Morgan fingerprint density at radius 2 is 1.76 bits per heavy atom. The maximum absolute atomic E-state index is 13.0. The predicted octanol–water partition coefficient (Wildman–Crippen LogP) is 4.17. The molecule has 0 unspecified atom stereocenters. The molecular formula is C19H28O2. The van der Waals surface area contributed by atoms with E-state index in [2.05, 4.69) is 13.8 Å². The van der Waals surface area contributed by atoms with E-state index in [0.717, 1.165) is 19.3 Å². The Morgan fingerprint density at radius 3 is 2.57 bits per heavy atom. The van der Waals surface area contributed by atoms with Crippen molar-refractivity contribution in [2.45, 2.75) is 71.6 Å². The number of Topliss-reactive ketones (excluding diaryl/α,β-unsaturated/α-hetero) is 2. The molecule has 4 aliphatic carbocycles. The van der Waals surface area contributed by atoms with Crippen molar-refractivity contribution in [1.29, 1.82) is 0 Å². The number of ketones is 2. The molecule has 0 spiro atoms. The van der Waals surface area contributed by atoms with E-state index in [1.54, 1.807) is 0 Å². The van der Waals surface area contributed by atoms with Gasteiger partial charge in [0.1, 0.15) is 11.6 Å². The molecular weight excluding hydrogens is 260 g/mol. The third kappa shape index (κ3) is 1.77. The number of fused-ring (bicyclic) bond motifs is 5. The molecule has 0 amide bonds. The minimum Gasteiger partial charge on any atom is -0.299 e. The van der Waals surface area contributed by atoms with E-state index in [1.807, 2.05) is 0 Å². The minimum atomic E-state index is -0.0146. The normalized spacial score (nSPS) is 53.0. The van der Waals surface area contributed by atoms with Crippen LogP contribution in [0.2, 0.25) is 0 Å². The first kappa shape index (κ1) is 14.0. The fourth-order valence-electron chi connectivity index (χ4n) is 6.94. The molecule has 116 valence electrons. The Kier molecular flexibility index (Phi) is 2.94. The van der Waals surface area contributed by atoms with E-state index in [1.165, 1.54) is 32.1 Å². The molecule has 0 aliphatic heterocycles.